The first kappa shape index (κ1) is 27.4. The summed E-state index contributed by atoms with van der Waals surface area (Å²) in [5.74, 6) is -0.134. The zero-order valence-electron chi connectivity index (χ0n) is 22.7. The molecule has 1 aliphatic heterocycles. The smallest absolute Gasteiger partial charge is 0.230 e. The van der Waals surface area contributed by atoms with Crippen LogP contribution in [-0.4, -0.2) is 39.1 Å². The minimum Gasteiger partial charge on any atom is -0.351 e. The molecule has 42 heavy (non-hydrogen) atoms. The maximum atomic E-state index is 13.7. The minimum atomic E-state index is -0.892. The molecule has 3 heterocycles. The number of halogens is 2. The van der Waals surface area contributed by atoms with Gasteiger partial charge in [-0.15, -0.1) is 0 Å². The fourth-order valence-electron chi connectivity index (χ4n) is 4.63. The number of hydrogen-bond acceptors (Lipinski definition) is 6. The predicted molar refractivity (Wildman–Crippen MR) is 151 cm³/mol. The van der Waals surface area contributed by atoms with Crippen LogP contribution in [0.4, 0.5) is 8.78 Å². The lowest BCUT2D eigenvalue weighted by molar-refractivity contribution is -0.231. The highest BCUT2D eigenvalue weighted by atomic mass is 19.1. The molecule has 0 bridgehead atoms. The number of carbonyl (C=O) groups is 1. The van der Waals surface area contributed by atoms with Gasteiger partial charge in [-0.2, -0.15) is 0 Å². The van der Waals surface area contributed by atoms with Crippen LogP contribution in [0.25, 0.3) is 34.0 Å². The molecule has 1 amide bonds. The van der Waals surface area contributed by atoms with Crippen LogP contribution in [0.2, 0.25) is 0 Å². The Labute approximate surface area is 240 Å². The van der Waals surface area contributed by atoms with Gasteiger partial charge in [-0.1, -0.05) is 30.3 Å². The molecule has 6 rings (SSSR count). The number of aromatic nitrogens is 4. The number of H-pyrrole nitrogens is 1. The van der Waals surface area contributed by atoms with Gasteiger partial charge in [-0.3, -0.25) is 4.79 Å². The lowest BCUT2D eigenvalue weighted by atomic mass is 9.91. The lowest BCUT2D eigenvalue weighted by Gasteiger charge is -2.35. The highest BCUT2D eigenvalue weighted by Gasteiger charge is 2.40. The van der Waals surface area contributed by atoms with E-state index in [0.29, 0.717) is 46.4 Å². The summed E-state index contributed by atoms with van der Waals surface area (Å²) in [4.78, 5) is 30.0. The maximum Gasteiger partial charge on any atom is 0.230 e. The summed E-state index contributed by atoms with van der Waals surface area (Å²) < 4.78 is 39.2. The van der Waals surface area contributed by atoms with E-state index in [9.17, 15) is 13.6 Å². The Morgan fingerprint density at radius 3 is 2.21 bits per heavy atom. The molecule has 0 radical (unpaired) electrons. The van der Waals surface area contributed by atoms with Crippen LogP contribution in [0.1, 0.15) is 24.6 Å². The van der Waals surface area contributed by atoms with Gasteiger partial charge in [0.05, 0.1) is 35.7 Å². The van der Waals surface area contributed by atoms with Crippen molar-refractivity contribution in [3.63, 3.8) is 0 Å². The van der Waals surface area contributed by atoms with Gasteiger partial charge < -0.3 is 19.8 Å². The van der Waals surface area contributed by atoms with Crippen LogP contribution in [0.15, 0.2) is 91.1 Å². The summed E-state index contributed by atoms with van der Waals surface area (Å²) in [6, 6.07) is 23.2. The fourth-order valence-corrected chi connectivity index (χ4v) is 4.63. The Kier molecular flexibility index (Phi) is 7.56. The third-order valence-corrected chi connectivity index (χ3v) is 7.03. The third-order valence-electron chi connectivity index (χ3n) is 7.03. The van der Waals surface area contributed by atoms with Crippen LogP contribution >= 0.6 is 0 Å². The summed E-state index contributed by atoms with van der Waals surface area (Å²) in [6.45, 7) is 2.42. The van der Waals surface area contributed by atoms with Crippen LogP contribution in [-0.2, 0) is 20.8 Å². The van der Waals surface area contributed by atoms with Crippen molar-refractivity contribution in [2.24, 2.45) is 5.41 Å². The SMILES string of the molecule is CC1(C(=O)NCc2ccccc2)COC(c2nc(-c3ccc(F)cc3)c(-c3ccnc(-c4ccc(F)cc4)n3)[nH]2)OC1. The normalized spacial score (nSPS) is 18.5. The molecule has 8 nitrogen and oxygen atoms in total. The summed E-state index contributed by atoms with van der Waals surface area (Å²) in [5, 5.41) is 2.96. The predicted octanol–water partition coefficient (Wildman–Crippen LogP) is 5.85. The third kappa shape index (κ3) is 5.81. The summed E-state index contributed by atoms with van der Waals surface area (Å²) in [6.07, 6.45) is 0.731. The van der Waals surface area contributed by atoms with E-state index in [0.717, 1.165) is 5.56 Å². The van der Waals surface area contributed by atoms with Gasteiger partial charge in [-0.25, -0.2) is 23.7 Å². The number of amides is 1. The summed E-state index contributed by atoms with van der Waals surface area (Å²) >= 11 is 0. The van der Waals surface area contributed by atoms with Gasteiger partial charge in [-0.05, 0) is 67.1 Å². The molecule has 0 unspecified atom stereocenters. The molecule has 2 N–H and O–H groups in total. The number of nitrogens with zero attached hydrogens (tertiary/aromatic N) is 3. The van der Waals surface area contributed by atoms with E-state index in [1.165, 1.54) is 24.3 Å². The van der Waals surface area contributed by atoms with E-state index in [2.05, 4.69) is 20.3 Å². The Bertz CT molecular complexity index is 1680. The molecular formula is C32H27F2N5O3. The highest BCUT2D eigenvalue weighted by molar-refractivity contribution is 5.82. The number of imidazole rings is 1. The minimum absolute atomic E-state index is 0.114. The first-order chi connectivity index (χ1) is 20.4. The van der Waals surface area contributed by atoms with Crippen LogP contribution in [0.3, 0.4) is 0 Å². The topological polar surface area (TPSA) is 102 Å². The molecular weight excluding hydrogens is 540 g/mol. The Morgan fingerprint density at radius 2 is 1.55 bits per heavy atom. The van der Waals surface area contributed by atoms with Crippen molar-refractivity contribution >= 4 is 5.91 Å². The number of aromatic amines is 1. The van der Waals surface area contributed by atoms with E-state index in [4.69, 9.17) is 14.5 Å². The standard InChI is InChI=1S/C32H27F2N5O3/c1-32(31(40)36-17-20-5-3-2-4-6-20)18-41-30(42-19-32)29-38-26(21-7-11-23(33)12-8-21)27(39-29)25-15-16-35-28(37-25)22-9-13-24(34)14-10-22/h2-16,30H,17-19H2,1H3,(H,36,40)(H,38,39). The molecule has 0 spiro atoms. The monoisotopic (exact) mass is 567 g/mol. The van der Waals surface area contributed by atoms with E-state index >= 15 is 0 Å². The second kappa shape index (κ2) is 11.6. The van der Waals surface area contributed by atoms with Gasteiger partial charge in [0.15, 0.2) is 11.6 Å². The zero-order chi connectivity index (χ0) is 29.1. The molecule has 212 valence electrons. The highest BCUT2D eigenvalue weighted by Crippen LogP contribution is 2.36. The summed E-state index contributed by atoms with van der Waals surface area (Å²) in [7, 11) is 0. The second-order valence-corrected chi connectivity index (χ2v) is 10.3. The average Bonchev–Trinajstić information content (AvgIpc) is 3.47. The number of benzene rings is 3. The van der Waals surface area contributed by atoms with Gasteiger partial charge >= 0.3 is 0 Å². The molecule has 1 aliphatic rings. The number of hydrogen-bond donors (Lipinski definition) is 2. The number of carbonyl (C=O) groups excluding carboxylic acids is 1. The van der Waals surface area contributed by atoms with Crippen LogP contribution in [0.5, 0.6) is 0 Å². The Morgan fingerprint density at radius 1 is 0.905 bits per heavy atom. The summed E-state index contributed by atoms with van der Waals surface area (Å²) in [5.41, 5.74) is 2.97. The molecule has 3 aromatic carbocycles. The number of nitrogens with one attached hydrogen (secondary N) is 2. The molecule has 10 heteroatoms. The molecule has 0 aliphatic carbocycles. The van der Waals surface area contributed by atoms with Crippen molar-refractivity contribution in [1.82, 2.24) is 25.3 Å². The second-order valence-electron chi connectivity index (χ2n) is 10.3. The largest absolute Gasteiger partial charge is 0.351 e. The number of rotatable bonds is 7. The molecule has 0 saturated carbocycles. The van der Waals surface area contributed by atoms with E-state index < -0.39 is 11.7 Å². The average molecular weight is 568 g/mol. The van der Waals surface area contributed by atoms with E-state index in [-0.39, 0.29) is 30.8 Å². The fraction of sp³-hybridized carbons (Fsp3) is 0.188. The maximum absolute atomic E-state index is 13.7. The first-order valence-electron chi connectivity index (χ1n) is 13.4. The van der Waals surface area contributed by atoms with Crippen LogP contribution < -0.4 is 5.32 Å². The van der Waals surface area contributed by atoms with Gasteiger partial charge in [0.1, 0.15) is 11.6 Å². The van der Waals surface area contributed by atoms with Crippen molar-refractivity contribution in [3.05, 3.63) is 114 Å². The Hall–Kier alpha value is -4.80. The van der Waals surface area contributed by atoms with E-state index in [1.807, 2.05) is 30.3 Å². The van der Waals surface area contributed by atoms with E-state index in [1.54, 1.807) is 43.5 Å². The van der Waals surface area contributed by atoms with Gasteiger partial charge in [0.2, 0.25) is 12.2 Å². The molecule has 2 aromatic heterocycles. The van der Waals surface area contributed by atoms with Crippen molar-refractivity contribution < 1.29 is 23.0 Å². The van der Waals surface area contributed by atoms with Crippen LogP contribution in [0, 0.1) is 17.0 Å². The molecule has 0 atom stereocenters. The van der Waals surface area contributed by atoms with Crippen molar-refractivity contribution in [1.29, 1.82) is 0 Å². The quantitative estimate of drug-likeness (QED) is 0.256. The first-order valence-corrected chi connectivity index (χ1v) is 13.4. The van der Waals surface area contributed by atoms with Crippen molar-refractivity contribution in [3.8, 4) is 34.0 Å². The lowest BCUT2D eigenvalue weighted by Crippen LogP contribution is -2.48. The molecule has 5 aromatic rings. The molecule has 1 saturated heterocycles. The molecule has 1 fully saturated rings. The van der Waals surface area contributed by atoms with Crippen molar-refractivity contribution in [2.45, 2.75) is 19.8 Å². The zero-order valence-corrected chi connectivity index (χ0v) is 22.7. The Balaban J connectivity index is 1.25. The van der Waals surface area contributed by atoms with Gasteiger partial charge in [0, 0.05) is 23.9 Å². The number of ether oxygens (including phenoxy) is 2. The van der Waals surface area contributed by atoms with Crippen molar-refractivity contribution in [2.75, 3.05) is 13.2 Å². The van der Waals surface area contributed by atoms with Gasteiger partial charge in [0.25, 0.3) is 0 Å².